The van der Waals surface area contributed by atoms with Gasteiger partial charge in [0.15, 0.2) is 0 Å². The lowest BCUT2D eigenvalue weighted by atomic mass is 10.0. The zero-order valence-corrected chi connectivity index (χ0v) is 14.7. The SMILES string of the molecule is CC(C)n1nccc1C(=O)NC1CCN(C(=O)c2ccccc2)CC1. The highest BCUT2D eigenvalue weighted by Gasteiger charge is 2.25. The number of hydrogen-bond donors (Lipinski definition) is 1. The van der Waals surface area contributed by atoms with Crippen molar-refractivity contribution in [3.63, 3.8) is 0 Å². The first-order valence-corrected chi connectivity index (χ1v) is 8.75. The van der Waals surface area contributed by atoms with E-state index >= 15 is 0 Å². The predicted octanol–water partition coefficient (Wildman–Crippen LogP) is 2.50. The molecule has 6 heteroatoms. The molecule has 0 atom stereocenters. The second-order valence-corrected chi connectivity index (χ2v) is 6.66. The Balaban J connectivity index is 1.55. The number of piperidine rings is 1. The summed E-state index contributed by atoms with van der Waals surface area (Å²) in [6, 6.07) is 11.3. The molecule has 3 rings (SSSR count). The number of benzene rings is 1. The third-order valence-electron chi connectivity index (χ3n) is 4.53. The molecule has 0 unspecified atom stereocenters. The lowest BCUT2D eigenvalue weighted by molar-refractivity contribution is 0.0697. The Morgan fingerprint density at radius 2 is 1.80 bits per heavy atom. The van der Waals surface area contributed by atoms with Crippen LogP contribution in [0.25, 0.3) is 0 Å². The van der Waals surface area contributed by atoms with Crippen molar-refractivity contribution in [2.45, 2.75) is 38.8 Å². The van der Waals surface area contributed by atoms with Crippen LogP contribution < -0.4 is 5.32 Å². The Morgan fingerprint density at radius 3 is 2.44 bits per heavy atom. The quantitative estimate of drug-likeness (QED) is 0.930. The van der Waals surface area contributed by atoms with E-state index in [0.29, 0.717) is 24.3 Å². The lowest BCUT2D eigenvalue weighted by Gasteiger charge is -2.32. The average molecular weight is 340 g/mol. The van der Waals surface area contributed by atoms with Crippen LogP contribution in [0, 0.1) is 0 Å². The summed E-state index contributed by atoms with van der Waals surface area (Å²) in [5, 5.41) is 7.28. The molecular formula is C19H24N4O2. The van der Waals surface area contributed by atoms with E-state index in [1.165, 1.54) is 0 Å². The molecule has 2 amide bonds. The van der Waals surface area contributed by atoms with Crippen molar-refractivity contribution in [3.05, 3.63) is 53.9 Å². The van der Waals surface area contributed by atoms with Crippen LogP contribution in [0.2, 0.25) is 0 Å². The van der Waals surface area contributed by atoms with Crippen molar-refractivity contribution in [1.82, 2.24) is 20.0 Å². The molecule has 1 aliphatic rings. The fraction of sp³-hybridized carbons (Fsp3) is 0.421. The Morgan fingerprint density at radius 1 is 1.12 bits per heavy atom. The Labute approximate surface area is 147 Å². The van der Waals surface area contributed by atoms with E-state index in [2.05, 4.69) is 10.4 Å². The molecule has 0 saturated carbocycles. The molecule has 0 spiro atoms. The van der Waals surface area contributed by atoms with Gasteiger partial charge in [-0.15, -0.1) is 0 Å². The number of aromatic nitrogens is 2. The minimum atomic E-state index is -0.0981. The van der Waals surface area contributed by atoms with Crippen molar-refractivity contribution in [2.24, 2.45) is 0 Å². The van der Waals surface area contributed by atoms with Gasteiger partial charge >= 0.3 is 0 Å². The molecule has 0 aliphatic carbocycles. The van der Waals surface area contributed by atoms with Crippen LogP contribution in [0.3, 0.4) is 0 Å². The number of rotatable bonds is 4. The third kappa shape index (κ3) is 3.90. The number of carbonyl (C=O) groups excluding carboxylic acids is 2. The van der Waals surface area contributed by atoms with Gasteiger partial charge < -0.3 is 10.2 Å². The second-order valence-electron chi connectivity index (χ2n) is 6.66. The van der Waals surface area contributed by atoms with Gasteiger partial charge in [-0.05, 0) is 44.9 Å². The Bertz CT molecular complexity index is 731. The van der Waals surface area contributed by atoms with E-state index in [0.717, 1.165) is 12.8 Å². The summed E-state index contributed by atoms with van der Waals surface area (Å²) >= 11 is 0. The summed E-state index contributed by atoms with van der Waals surface area (Å²) in [6.45, 7) is 5.30. The van der Waals surface area contributed by atoms with Crippen molar-refractivity contribution < 1.29 is 9.59 Å². The summed E-state index contributed by atoms with van der Waals surface area (Å²) in [5.74, 6) is -0.0395. The average Bonchev–Trinajstić information content (AvgIpc) is 3.13. The molecule has 0 radical (unpaired) electrons. The molecule has 1 N–H and O–H groups in total. The first kappa shape index (κ1) is 17.2. The Kier molecular flexibility index (Phi) is 5.16. The van der Waals surface area contributed by atoms with E-state index in [4.69, 9.17) is 0 Å². The van der Waals surface area contributed by atoms with Crippen molar-refractivity contribution in [2.75, 3.05) is 13.1 Å². The Hall–Kier alpha value is -2.63. The van der Waals surface area contributed by atoms with E-state index in [-0.39, 0.29) is 23.9 Å². The maximum atomic E-state index is 12.5. The fourth-order valence-electron chi connectivity index (χ4n) is 3.16. The largest absolute Gasteiger partial charge is 0.348 e. The lowest BCUT2D eigenvalue weighted by Crippen LogP contribution is -2.46. The van der Waals surface area contributed by atoms with Gasteiger partial charge in [0.25, 0.3) is 11.8 Å². The molecule has 2 heterocycles. The molecule has 0 bridgehead atoms. The molecule has 6 nitrogen and oxygen atoms in total. The molecule has 132 valence electrons. The normalized spacial score (nSPS) is 15.4. The first-order chi connectivity index (χ1) is 12.1. The second kappa shape index (κ2) is 7.51. The van der Waals surface area contributed by atoms with E-state index in [1.807, 2.05) is 49.1 Å². The topological polar surface area (TPSA) is 67.2 Å². The zero-order valence-electron chi connectivity index (χ0n) is 14.7. The first-order valence-electron chi connectivity index (χ1n) is 8.75. The van der Waals surface area contributed by atoms with Crippen LogP contribution in [-0.2, 0) is 0 Å². The highest BCUT2D eigenvalue weighted by molar-refractivity contribution is 5.94. The summed E-state index contributed by atoms with van der Waals surface area (Å²) in [4.78, 5) is 26.8. The molecule has 1 aromatic heterocycles. The van der Waals surface area contributed by atoms with E-state index < -0.39 is 0 Å². The van der Waals surface area contributed by atoms with Crippen molar-refractivity contribution >= 4 is 11.8 Å². The van der Waals surface area contributed by atoms with Crippen LogP contribution in [0.5, 0.6) is 0 Å². The fourth-order valence-corrected chi connectivity index (χ4v) is 3.16. The van der Waals surface area contributed by atoms with Crippen LogP contribution in [-0.4, -0.2) is 45.6 Å². The highest BCUT2D eigenvalue weighted by atomic mass is 16.2. The minimum Gasteiger partial charge on any atom is -0.348 e. The van der Waals surface area contributed by atoms with Gasteiger partial charge in [-0.1, -0.05) is 18.2 Å². The van der Waals surface area contributed by atoms with E-state index in [1.54, 1.807) is 16.9 Å². The van der Waals surface area contributed by atoms with E-state index in [9.17, 15) is 9.59 Å². The summed E-state index contributed by atoms with van der Waals surface area (Å²) in [5.41, 5.74) is 1.30. The summed E-state index contributed by atoms with van der Waals surface area (Å²) in [6.07, 6.45) is 3.18. The van der Waals surface area contributed by atoms with Gasteiger partial charge in [-0.3, -0.25) is 14.3 Å². The van der Waals surface area contributed by atoms with Gasteiger partial charge in [-0.2, -0.15) is 5.10 Å². The monoisotopic (exact) mass is 340 g/mol. The van der Waals surface area contributed by atoms with Gasteiger partial charge in [0.2, 0.25) is 0 Å². The molecule has 2 aromatic rings. The molecule has 25 heavy (non-hydrogen) atoms. The summed E-state index contributed by atoms with van der Waals surface area (Å²) in [7, 11) is 0. The molecule has 1 fully saturated rings. The zero-order chi connectivity index (χ0) is 17.8. The van der Waals surface area contributed by atoms with Crippen LogP contribution >= 0.6 is 0 Å². The number of nitrogens with zero attached hydrogens (tertiary/aromatic N) is 3. The molecule has 1 aromatic carbocycles. The third-order valence-corrected chi connectivity index (χ3v) is 4.53. The summed E-state index contributed by atoms with van der Waals surface area (Å²) < 4.78 is 1.73. The predicted molar refractivity (Wildman–Crippen MR) is 95.4 cm³/mol. The van der Waals surface area contributed by atoms with Crippen molar-refractivity contribution in [1.29, 1.82) is 0 Å². The standard InChI is InChI=1S/C19H24N4O2/c1-14(2)23-17(8-11-20-23)18(24)21-16-9-12-22(13-10-16)19(25)15-6-4-3-5-7-15/h3-8,11,14,16H,9-10,12-13H2,1-2H3,(H,21,24). The van der Waals surface area contributed by atoms with Gasteiger partial charge in [-0.25, -0.2) is 0 Å². The van der Waals surface area contributed by atoms with Crippen LogP contribution in [0.1, 0.15) is 53.6 Å². The molecular weight excluding hydrogens is 316 g/mol. The van der Waals surface area contributed by atoms with Crippen molar-refractivity contribution in [3.8, 4) is 0 Å². The maximum Gasteiger partial charge on any atom is 0.269 e. The van der Waals surface area contributed by atoms with Gasteiger partial charge in [0.1, 0.15) is 5.69 Å². The van der Waals surface area contributed by atoms with Crippen LogP contribution in [0.15, 0.2) is 42.6 Å². The number of hydrogen-bond acceptors (Lipinski definition) is 3. The minimum absolute atomic E-state index is 0.0586. The van der Waals surface area contributed by atoms with Gasteiger partial charge in [0, 0.05) is 36.9 Å². The smallest absolute Gasteiger partial charge is 0.269 e. The van der Waals surface area contributed by atoms with Gasteiger partial charge in [0.05, 0.1) is 0 Å². The highest BCUT2D eigenvalue weighted by Crippen LogP contribution is 2.15. The number of amides is 2. The van der Waals surface area contributed by atoms with Crippen LogP contribution in [0.4, 0.5) is 0 Å². The molecule has 1 saturated heterocycles. The number of carbonyl (C=O) groups is 2. The number of nitrogens with one attached hydrogen (secondary N) is 1. The number of likely N-dealkylation sites (tertiary alicyclic amines) is 1. The molecule has 1 aliphatic heterocycles. The maximum absolute atomic E-state index is 12.5.